The molecule has 0 atom stereocenters. The number of hydrogen-bond donors (Lipinski definition) is 0. The highest BCUT2D eigenvalue weighted by atomic mass is 19.2. The van der Waals surface area contributed by atoms with Crippen LogP contribution in [0.4, 0.5) is 14.5 Å². The van der Waals surface area contributed by atoms with Gasteiger partial charge in [0.15, 0.2) is 29.7 Å². The first kappa shape index (κ1) is 18.0. The van der Waals surface area contributed by atoms with Gasteiger partial charge in [0.2, 0.25) is 0 Å². The zero-order chi connectivity index (χ0) is 18.5. The van der Waals surface area contributed by atoms with Crippen LogP contribution in [0.3, 0.4) is 0 Å². The molecule has 0 aromatic heterocycles. The third kappa shape index (κ3) is 4.04. The molecule has 5 nitrogen and oxygen atoms in total. The summed E-state index contributed by atoms with van der Waals surface area (Å²) in [6.07, 6.45) is 0. The second kappa shape index (κ2) is 8.03. The quantitative estimate of drug-likeness (QED) is 0.820. The van der Waals surface area contributed by atoms with Crippen molar-refractivity contribution >= 4 is 11.6 Å². The van der Waals surface area contributed by atoms with Gasteiger partial charge in [-0.25, -0.2) is 8.78 Å². The third-order valence-corrected chi connectivity index (χ3v) is 4.32. The Hall–Kier alpha value is -2.83. The fourth-order valence-corrected chi connectivity index (χ4v) is 2.86. The minimum absolute atomic E-state index is 0.0778. The van der Waals surface area contributed by atoms with Crippen molar-refractivity contribution in [3.8, 4) is 11.5 Å². The number of methoxy groups -OCH3 is 1. The highest BCUT2D eigenvalue weighted by molar-refractivity contribution is 5.78. The van der Waals surface area contributed by atoms with Crippen molar-refractivity contribution in [2.75, 3.05) is 44.8 Å². The lowest BCUT2D eigenvalue weighted by Crippen LogP contribution is -2.50. The Labute approximate surface area is 150 Å². The fraction of sp³-hybridized carbons (Fsp3) is 0.316. The number of para-hydroxylation sites is 2. The van der Waals surface area contributed by atoms with Gasteiger partial charge in [0, 0.05) is 37.9 Å². The van der Waals surface area contributed by atoms with Crippen molar-refractivity contribution in [3.63, 3.8) is 0 Å². The maximum absolute atomic E-state index is 13.4. The lowest BCUT2D eigenvalue weighted by atomic mass is 10.2. The Morgan fingerprint density at radius 2 is 1.69 bits per heavy atom. The number of anilines is 1. The van der Waals surface area contributed by atoms with Gasteiger partial charge in [-0.2, -0.15) is 0 Å². The molecule has 3 rings (SSSR count). The van der Waals surface area contributed by atoms with Crippen LogP contribution in [0, 0.1) is 11.6 Å². The molecule has 0 N–H and O–H groups in total. The molecule has 138 valence electrons. The standard InChI is InChI=1S/C19H20F2N2O3/c1-25-17-4-2-3-5-18(17)26-13-19(24)23-10-8-22(9-11-23)14-6-7-15(20)16(21)12-14/h2-7,12H,8-11,13H2,1H3. The molecule has 0 unspecified atom stereocenters. The number of benzene rings is 2. The molecule has 2 aromatic carbocycles. The summed E-state index contributed by atoms with van der Waals surface area (Å²) in [5, 5.41) is 0. The van der Waals surface area contributed by atoms with E-state index in [4.69, 9.17) is 9.47 Å². The first-order chi connectivity index (χ1) is 12.6. The molecule has 0 saturated carbocycles. The van der Waals surface area contributed by atoms with E-state index in [1.165, 1.54) is 6.07 Å². The molecule has 1 fully saturated rings. The molecule has 0 radical (unpaired) electrons. The van der Waals surface area contributed by atoms with Gasteiger partial charge in [0.05, 0.1) is 7.11 Å². The van der Waals surface area contributed by atoms with Crippen LogP contribution in [0.25, 0.3) is 0 Å². The van der Waals surface area contributed by atoms with E-state index in [0.717, 1.165) is 6.07 Å². The number of amides is 1. The second-order valence-corrected chi connectivity index (χ2v) is 5.91. The summed E-state index contributed by atoms with van der Waals surface area (Å²) in [5.41, 5.74) is 0.612. The van der Waals surface area contributed by atoms with Crippen LogP contribution >= 0.6 is 0 Å². The molecule has 7 heteroatoms. The second-order valence-electron chi connectivity index (χ2n) is 5.91. The van der Waals surface area contributed by atoms with Crippen molar-refractivity contribution in [2.24, 2.45) is 0 Å². The van der Waals surface area contributed by atoms with Gasteiger partial charge in [-0.15, -0.1) is 0 Å². The summed E-state index contributed by atoms with van der Waals surface area (Å²) in [7, 11) is 1.54. The third-order valence-electron chi connectivity index (χ3n) is 4.32. The Bertz CT molecular complexity index is 777. The van der Waals surface area contributed by atoms with E-state index in [2.05, 4.69) is 0 Å². The first-order valence-electron chi connectivity index (χ1n) is 8.32. The molecule has 26 heavy (non-hydrogen) atoms. The van der Waals surface area contributed by atoms with Gasteiger partial charge in [0.25, 0.3) is 5.91 Å². The summed E-state index contributed by atoms with van der Waals surface area (Å²) in [6, 6.07) is 11.0. The molecule has 0 aliphatic carbocycles. The van der Waals surface area contributed by atoms with E-state index in [1.807, 2.05) is 17.0 Å². The zero-order valence-corrected chi connectivity index (χ0v) is 14.5. The fourth-order valence-electron chi connectivity index (χ4n) is 2.86. The normalized spacial score (nSPS) is 14.3. The molecule has 2 aromatic rings. The Morgan fingerprint density at radius 3 is 2.35 bits per heavy atom. The average Bonchev–Trinajstić information content (AvgIpc) is 2.68. The van der Waals surface area contributed by atoms with Gasteiger partial charge in [-0.3, -0.25) is 4.79 Å². The average molecular weight is 362 g/mol. The van der Waals surface area contributed by atoms with E-state index in [0.29, 0.717) is 43.4 Å². The highest BCUT2D eigenvalue weighted by Crippen LogP contribution is 2.26. The Morgan fingerprint density at radius 1 is 1.00 bits per heavy atom. The van der Waals surface area contributed by atoms with E-state index in [1.54, 1.807) is 30.2 Å². The summed E-state index contributed by atoms with van der Waals surface area (Å²) >= 11 is 0. The van der Waals surface area contributed by atoms with Crippen LogP contribution in [0.2, 0.25) is 0 Å². The van der Waals surface area contributed by atoms with Crippen molar-refractivity contribution in [3.05, 3.63) is 54.1 Å². The summed E-state index contributed by atoms with van der Waals surface area (Å²) < 4.78 is 37.2. The van der Waals surface area contributed by atoms with Crippen molar-refractivity contribution in [1.82, 2.24) is 4.90 Å². The number of carbonyl (C=O) groups excluding carboxylic acids is 1. The molecule has 0 bridgehead atoms. The maximum Gasteiger partial charge on any atom is 0.260 e. The van der Waals surface area contributed by atoms with Crippen molar-refractivity contribution in [2.45, 2.75) is 0 Å². The number of carbonyl (C=O) groups is 1. The van der Waals surface area contributed by atoms with Gasteiger partial charge in [-0.05, 0) is 24.3 Å². The highest BCUT2D eigenvalue weighted by Gasteiger charge is 2.22. The minimum Gasteiger partial charge on any atom is -0.493 e. The lowest BCUT2D eigenvalue weighted by molar-refractivity contribution is -0.133. The molecule has 0 spiro atoms. The molecule has 1 saturated heterocycles. The van der Waals surface area contributed by atoms with Gasteiger partial charge in [0.1, 0.15) is 0 Å². The minimum atomic E-state index is -0.869. The van der Waals surface area contributed by atoms with Crippen LogP contribution < -0.4 is 14.4 Å². The Balaban J connectivity index is 1.52. The predicted molar refractivity (Wildman–Crippen MR) is 93.6 cm³/mol. The molecular weight excluding hydrogens is 342 g/mol. The molecule has 1 heterocycles. The van der Waals surface area contributed by atoms with E-state index in [-0.39, 0.29) is 12.5 Å². The van der Waals surface area contributed by atoms with E-state index >= 15 is 0 Å². The monoisotopic (exact) mass is 362 g/mol. The molecule has 1 aliphatic heterocycles. The topological polar surface area (TPSA) is 42.0 Å². The number of ether oxygens (including phenoxy) is 2. The number of hydrogen-bond acceptors (Lipinski definition) is 4. The Kier molecular flexibility index (Phi) is 5.55. The molecular formula is C19H20F2N2O3. The maximum atomic E-state index is 13.4. The van der Waals surface area contributed by atoms with Crippen molar-refractivity contribution < 1.29 is 23.0 Å². The van der Waals surface area contributed by atoms with Crippen LogP contribution in [-0.2, 0) is 4.79 Å². The number of nitrogens with zero attached hydrogens (tertiary/aromatic N) is 2. The SMILES string of the molecule is COc1ccccc1OCC(=O)N1CCN(c2ccc(F)c(F)c2)CC1. The van der Waals surface area contributed by atoms with Gasteiger partial charge in [-0.1, -0.05) is 12.1 Å². The van der Waals surface area contributed by atoms with E-state index < -0.39 is 11.6 Å². The van der Waals surface area contributed by atoms with Crippen LogP contribution in [0.15, 0.2) is 42.5 Å². The first-order valence-corrected chi connectivity index (χ1v) is 8.32. The van der Waals surface area contributed by atoms with Gasteiger partial charge < -0.3 is 19.3 Å². The van der Waals surface area contributed by atoms with Crippen LogP contribution in [-0.4, -0.2) is 50.7 Å². The number of halogens is 2. The van der Waals surface area contributed by atoms with E-state index in [9.17, 15) is 13.6 Å². The van der Waals surface area contributed by atoms with Gasteiger partial charge >= 0.3 is 0 Å². The zero-order valence-electron chi connectivity index (χ0n) is 14.5. The largest absolute Gasteiger partial charge is 0.493 e. The summed E-state index contributed by atoms with van der Waals surface area (Å²) in [6.45, 7) is 2.00. The number of piperazine rings is 1. The molecule has 1 aliphatic rings. The summed E-state index contributed by atoms with van der Waals surface area (Å²) in [4.78, 5) is 16.0. The lowest BCUT2D eigenvalue weighted by Gasteiger charge is -2.36. The number of rotatable bonds is 5. The molecule has 1 amide bonds. The van der Waals surface area contributed by atoms with Crippen LogP contribution in [0.1, 0.15) is 0 Å². The predicted octanol–water partition coefficient (Wildman–Crippen LogP) is 2.70. The van der Waals surface area contributed by atoms with Crippen LogP contribution in [0.5, 0.6) is 11.5 Å². The smallest absolute Gasteiger partial charge is 0.260 e. The van der Waals surface area contributed by atoms with Crippen molar-refractivity contribution in [1.29, 1.82) is 0 Å². The summed E-state index contributed by atoms with van der Waals surface area (Å²) in [5.74, 6) is -0.768.